The van der Waals surface area contributed by atoms with Gasteiger partial charge in [0.1, 0.15) is 0 Å². The minimum Gasteiger partial charge on any atom is -0.268 e. The van der Waals surface area contributed by atoms with Crippen LogP contribution in [0.2, 0.25) is 0 Å². The molecular weight excluding hydrogens is 86.1 g/mol. The van der Waals surface area contributed by atoms with Crippen LogP contribution in [0.4, 0.5) is 0 Å². The maximum absolute atomic E-state index is 3.88. The lowest BCUT2D eigenvalue weighted by molar-refractivity contribution is 1.44. The van der Waals surface area contributed by atoms with Crippen molar-refractivity contribution in [2.75, 3.05) is 0 Å². The fourth-order valence-corrected chi connectivity index (χ4v) is 0.495. The molecule has 0 fully saturated rings. The van der Waals surface area contributed by atoms with E-state index in [0.717, 1.165) is 6.42 Å². The number of nitrogens with zero attached hydrogens (tertiary/aromatic N) is 1. The Balaban J connectivity index is 2.61. The van der Waals surface area contributed by atoms with E-state index < -0.39 is 0 Å². The summed E-state index contributed by atoms with van der Waals surface area (Å²) >= 11 is 0. The summed E-state index contributed by atoms with van der Waals surface area (Å²) in [7, 11) is 0. The van der Waals surface area contributed by atoms with Crippen molar-refractivity contribution in [3.63, 3.8) is 0 Å². The maximum Gasteiger partial charge on any atom is 0.0299 e. The topological polar surface area (TPSA) is 12.4 Å². The normalized spacial score (nSPS) is 16.9. The lowest BCUT2D eigenvalue weighted by Gasteiger charge is -1.80. The predicted octanol–water partition coefficient (Wildman–Crippen LogP) is 1.53. The van der Waals surface area contributed by atoms with Crippen molar-refractivity contribution in [2.24, 2.45) is 4.99 Å². The Morgan fingerprint density at radius 2 is 2.71 bits per heavy atom. The van der Waals surface area contributed by atoms with E-state index in [-0.39, 0.29) is 0 Å². The first kappa shape index (κ1) is 4.31. The third-order valence-corrected chi connectivity index (χ3v) is 0.935. The Morgan fingerprint density at radius 1 is 1.86 bits per heavy atom. The second kappa shape index (κ2) is 1.73. The molecule has 0 spiro atoms. The van der Waals surface area contributed by atoms with E-state index in [0.29, 0.717) is 0 Å². The van der Waals surface area contributed by atoms with E-state index in [9.17, 15) is 0 Å². The summed E-state index contributed by atoms with van der Waals surface area (Å²) in [4.78, 5) is 3.88. The van der Waals surface area contributed by atoms with Crippen LogP contribution in [0.25, 0.3) is 0 Å². The van der Waals surface area contributed by atoms with E-state index in [2.05, 4.69) is 11.6 Å². The molecule has 1 heteroatoms. The number of allylic oxidation sites excluding steroid dienone is 2. The van der Waals surface area contributed by atoms with E-state index in [1.807, 2.05) is 18.5 Å². The molecule has 1 nitrogen and oxygen atoms in total. The SMILES string of the molecule is C=CC1=CN=CC1. The van der Waals surface area contributed by atoms with Crippen LogP contribution in [-0.2, 0) is 0 Å². The lowest BCUT2D eigenvalue weighted by Crippen LogP contribution is -1.67. The van der Waals surface area contributed by atoms with Gasteiger partial charge in [-0.15, -0.1) is 0 Å². The smallest absolute Gasteiger partial charge is 0.0299 e. The van der Waals surface area contributed by atoms with Gasteiger partial charge in [0.2, 0.25) is 0 Å². The van der Waals surface area contributed by atoms with Crippen molar-refractivity contribution in [1.29, 1.82) is 0 Å². The number of rotatable bonds is 1. The summed E-state index contributed by atoms with van der Waals surface area (Å²) in [5, 5.41) is 0. The molecule has 0 N–H and O–H groups in total. The molecule has 0 aliphatic carbocycles. The van der Waals surface area contributed by atoms with Gasteiger partial charge in [0, 0.05) is 18.8 Å². The van der Waals surface area contributed by atoms with Crippen LogP contribution in [0.15, 0.2) is 29.4 Å². The van der Waals surface area contributed by atoms with E-state index >= 15 is 0 Å². The highest BCUT2D eigenvalue weighted by atomic mass is 14.7. The molecular formula is C6H7N. The van der Waals surface area contributed by atoms with Gasteiger partial charge in [-0.3, -0.25) is 4.99 Å². The van der Waals surface area contributed by atoms with Crippen LogP contribution in [0.1, 0.15) is 6.42 Å². The lowest BCUT2D eigenvalue weighted by atomic mass is 10.2. The fourth-order valence-electron chi connectivity index (χ4n) is 0.495. The average Bonchev–Trinajstić information content (AvgIpc) is 2.14. The van der Waals surface area contributed by atoms with Crippen molar-refractivity contribution in [3.05, 3.63) is 24.4 Å². The molecule has 1 aliphatic heterocycles. The average molecular weight is 93.1 g/mol. The molecule has 7 heavy (non-hydrogen) atoms. The molecule has 0 aromatic rings. The minimum absolute atomic E-state index is 0.962. The first-order valence-corrected chi connectivity index (χ1v) is 2.26. The summed E-state index contributed by atoms with van der Waals surface area (Å²) in [6.07, 6.45) is 6.49. The van der Waals surface area contributed by atoms with Gasteiger partial charge in [-0.25, -0.2) is 0 Å². The monoisotopic (exact) mass is 93.1 g/mol. The van der Waals surface area contributed by atoms with Crippen molar-refractivity contribution >= 4 is 6.21 Å². The summed E-state index contributed by atoms with van der Waals surface area (Å²) in [5.74, 6) is 0. The zero-order valence-electron chi connectivity index (χ0n) is 4.09. The van der Waals surface area contributed by atoms with E-state index in [4.69, 9.17) is 0 Å². The predicted molar refractivity (Wildman–Crippen MR) is 31.4 cm³/mol. The second-order valence-corrected chi connectivity index (χ2v) is 1.44. The summed E-state index contributed by atoms with van der Waals surface area (Å²) < 4.78 is 0. The molecule has 0 atom stereocenters. The molecule has 0 saturated carbocycles. The van der Waals surface area contributed by atoms with Crippen LogP contribution >= 0.6 is 0 Å². The van der Waals surface area contributed by atoms with Gasteiger partial charge in [-0.2, -0.15) is 0 Å². The van der Waals surface area contributed by atoms with Gasteiger partial charge in [0.25, 0.3) is 0 Å². The second-order valence-electron chi connectivity index (χ2n) is 1.44. The van der Waals surface area contributed by atoms with Crippen LogP contribution in [0.3, 0.4) is 0 Å². The van der Waals surface area contributed by atoms with Crippen molar-refractivity contribution in [1.82, 2.24) is 0 Å². The minimum atomic E-state index is 0.962. The Kier molecular flexibility index (Phi) is 1.07. The van der Waals surface area contributed by atoms with Gasteiger partial charge in [-0.05, 0) is 5.57 Å². The number of hydrogen-bond donors (Lipinski definition) is 0. The Bertz CT molecular complexity index is 131. The third kappa shape index (κ3) is 0.769. The molecule has 0 aromatic carbocycles. The Morgan fingerprint density at radius 3 is 3.00 bits per heavy atom. The van der Waals surface area contributed by atoms with Crippen molar-refractivity contribution in [2.45, 2.75) is 6.42 Å². The standard InChI is InChI=1S/C6H7N/c1-2-6-3-4-7-5-6/h2,4-5H,1,3H2. The molecule has 36 valence electrons. The van der Waals surface area contributed by atoms with Crippen LogP contribution in [0, 0.1) is 0 Å². The third-order valence-electron chi connectivity index (χ3n) is 0.935. The van der Waals surface area contributed by atoms with Gasteiger partial charge in [0.15, 0.2) is 0 Å². The molecule has 0 aromatic heterocycles. The highest BCUT2D eigenvalue weighted by Crippen LogP contribution is 2.04. The van der Waals surface area contributed by atoms with Gasteiger partial charge >= 0.3 is 0 Å². The highest BCUT2D eigenvalue weighted by Gasteiger charge is 1.90. The quantitative estimate of drug-likeness (QED) is 0.466. The van der Waals surface area contributed by atoms with Crippen molar-refractivity contribution in [3.8, 4) is 0 Å². The molecule has 0 bridgehead atoms. The number of hydrogen-bond acceptors (Lipinski definition) is 1. The first-order chi connectivity index (χ1) is 3.43. The Labute approximate surface area is 43.1 Å². The van der Waals surface area contributed by atoms with E-state index in [1.54, 1.807) is 0 Å². The molecule has 0 amide bonds. The highest BCUT2D eigenvalue weighted by molar-refractivity contribution is 5.66. The molecule has 0 unspecified atom stereocenters. The first-order valence-electron chi connectivity index (χ1n) is 2.26. The summed E-state index contributed by atoms with van der Waals surface area (Å²) in [6.45, 7) is 3.59. The van der Waals surface area contributed by atoms with Crippen molar-refractivity contribution < 1.29 is 0 Å². The summed E-state index contributed by atoms with van der Waals surface area (Å²) in [6, 6.07) is 0. The fraction of sp³-hybridized carbons (Fsp3) is 0.167. The molecule has 1 rings (SSSR count). The molecule has 0 saturated heterocycles. The molecule has 0 radical (unpaired) electrons. The zero-order valence-corrected chi connectivity index (χ0v) is 4.09. The zero-order chi connectivity index (χ0) is 5.11. The Hall–Kier alpha value is -0.850. The molecule has 1 heterocycles. The van der Waals surface area contributed by atoms with Crippen LogP contribution < -0.4 is 0 Å². The van der Waals surface area contributed by atoms with Gasteiger partial charge < -0.3 is 0 Å². The summed E-state index contributed by atoms with van der Waals surface area (Å²) in [5.41, 5.74) is 1.21. The van der Waals surface area contributed by atoms with Crippen LogP contribution in [0.5, 0.6) is 0 Å². The van der Waals surface area contributed by atoms with Gasteiger partial charge in [-0.1, -0.05) is 12.7 Å². The number of aliphatic imine (C=N–C) groups is 1. The molecule has 1 aliphatic rings. The largest absolute Gasteiger partial charge is 0.268 e. The van der Waals surface area contributed by atoms with Gasteiger partial charge in [0.05, 0.1) is 0 Å². The van der Waals surface area contributed by atoms with E-state index in [1.165, 1.54) is 5.57 Å². The van der Waals surface area contributed by atoms with Crippen LogP contribution in [-0.4, -0.2) is 6.21 Å². The maximum atomic E-state index is 3.88.